The van der Waals surface area contributed by atoms with Gasteiger partial charge in [0.05, 0.1) is 11.0 Å². The molecule has 0 N–H and O–H groups in total. The summed E-state index contributed by atoms with van der Waals surface area (Å²) < 4.78 is 0. The second-order valence-electron chi connectivity index (χ2n) is 8.82. The molecule has 0 atom stereocenters. The molecular weight excluding hydrogens is 412 g/mol. The molecule has 0 saturated heterocycles. The summed E-state index contributed by atoms with van der Waals surface area (Å²) in [5.74, 6) is 0. The van der Waals surface area contributed by atoms with E-state index < -0.39 is 0 Å². The summed E-state index contributed by atoms with van der Waals surface area (Å²) in [7, 11) is 0. The lowest BCUT2D eigenvalue weighted by Gasteiger charge is -2.12. The summed E-state index contributed by atoms with van der Waals surface area (Å²) >= 11 is 0. The molecule has 0 bridgehead atoms. The van der Waals surface area contributed by atoms with Gasteiger partial charge in [-0.1, -0.05) is 72.8 Å². The molecule has 6 rings (SSSR count). The van der Waals surface area contributed by atoms with Crippen molar-refractivity contribution in [1.29, 1.82) is 0 Å². The number of benzene rings is 4. The lowest BCUT2D eigenvalue weighted by molar-refractivity contribution is 1.25. The van der Waals surface area contributed by atoms with Crippen molar-refractivity contribution in [3.63, 3.8) is 0 Å². The van der Waals surface area contributed by atoms with Crippen molar-refractivity contribution in [3.05, 3.63) is 121 Å². The van der Waals surface area contributed by atoms with Crippen molar-refractivity contribution < 1.29 is 0 Å². The summed E-state index contributed by atoms with van der Waals surface area (Å²) in [6.07, 6.45) is 0. The van der Waals surface area contributed by atoms with Crippen LogP contribution >= 0.6 is 0 Å². The zero-order chi connectivity index (χ0) is 23.1. The molecule has 0 saturated carbocycles. The van der Waals surface area contributed by atoms with Gasteiger partial charge in [-0.3, -0.25) is 9.97 Å². The molecule has 4 aromatic carbocycles. The van der Waals surface area contributed by atoms with E-state index in [0.29, 0.717) is 0 Å². The van der Waals surface area contributed by atoms with Crippen LogP contribution in [-0.4, -0.2) is 9.97 Å². The molecule has 2 heteroatoms. The Bertz CT molecular complexity index is 1530. The van der Waals surface area contributed by atoms with Crippen LogP contribution in [0.3, 0.4) is 0 Å². The quantitative estimate of drug-likeness (QED) is 0.278. The van der Waals surface area contributed by atoms with Crippen LogP contribution in [-0.2, 0) is 0 Å². The summed E-state index contributed by atoms with van der Waals surface area (Å²) in [4.78, 5) is 9.60. The summed E-state index contributed by atoms with van der Waals surface area (Å²) in [5.41, 5.74) is 11.3. The van der Waals surface area contributed by atoms with Gasteiger partial charge in [0, 0.05) is 22.2 Å². The number of rotatable bonds is 3. The van der Waals surface area contributed by atoms with Crippen LogP contribution in [0.5, 0.6) is 0 Å². The van der Waals surface area contributed by atoms with Gasteiger partial charge in [-0.25, -0.2) is 0 Å². The maximum absolute atomic E-state index is 4.80. The Kier molecular flexibility index (Phi) is 4.92. The molecule has 0 aliphatic carbocycles. The molecule has 0 aliphatic rings. The third-order valence-corrected chi connectivity index (χ3v) is 6.38. The lowest BCUT2D eigenvalue weighted by atomic mass is 9.94. The first-order chi connectivity index (χ1) is 16.7. The molecule has 0 fully saturated rings. The number of pyridine rings is 2. The predicted molar refractivity (Wildman–Crippen MR) is 143 cm³/mol. The number of aryl methyl sites for hydroxylation is 2. The van der Waals surface area contributed by atoms with E-state index in [0.717, 1.165) is 22.4 Å². The molecule has 0 aliphatic heterocycles. The van der Waals surface area contributed by atoms with E-state index in [4.69, 9.17) is 9.97 Å². The smallest absolute Gasteiger partial charge is 0.0711 e. The molecule has 2 nitrogen and oxygen atoms in total. The van der Waals surface area contributed by atoms with Crippen LogP contribution in [0, 0.1) is 13.8 Å². The summed E-state index contributed by atoms with van der Waals surface area (Å²) in [5, 5.41) is 2.33. The van der Waals surface area contributed by atoms with Gasteiger partial charge in [0.1, 0.15) is 0 Å². The molecule has 0 amide bonds. The molecule has 6 aromatic rings. The summed E-state index contributed by atoms with van der Waals surface area (Å²) in [6, 6.07) is 38.7. The normalized spacial score (nSPS) is 11.2. The van der Waals surface area contributed by atoms with E-state index in [1.165, 1.54) is 44.2 Å². The highest BCUT2D eigenvalue weighted by Gasteiger charge is 2.11. The molecule has 34 heavy (non-hydrogen) atoms. The first-order valence-corrected chi connectivity index (χ1v) is 11.6. The van der Waals surface area contributed by atoms with Gasteiger partial charge in [0.15, 0.2) is 0 Å². The van der Waals surface area contributed by atoms with Gasteiger partial charge < -0.3 is 0 Å². The van der Waals surface area contributed by atoms with Gasteiger partial charge in [-0.2, -0.15) is 0 Å². The highest BCUT2D eigenvalue weighted by molar-refractivity contribution is 6.00. The van der Waals surface area contributed by atoms with Crippen molar-refractivity contribution in [2.45, 2.75) is 13.8 Å². The summed E-state index contributed by atoms with van der Waals surface area (Å²) in [6.45, 7) is 4.12. The fourth-order valence-corrected chi connectivity index (χ4v) is 4.79. The van der Waals surface area contributed by atoms with Crippen molar-refractivity contribution in [2.24, 2.45) is 0 Å². The minimum Gasteiger partial charge on any atom is -0.253 e. The van der Waals surface area contributed by atoms with Crippen LogP contribution in [0.2, 0.25) is 0 Å². The monoisotopic (exact) mass is 436 g/mol. The van der Waals surface area contributed by atoms with Gasteiger partial charge in [0.2, 0.25) is 0 Å². The Labute approximate surface area is 199 Å². The number of aromatic nitrogens is 2. The molecular formula is C32H24N2. The average Bonchev–Trinajstić information content (AvgIpc) is 2.88. The van der Waals surface area contributed by atoms with Crippen LogP contribution in [0.25, 0.3) is 55.2 Å². The van der Waals surface area contributed by atoms with E-state index in [1.54, 1.807) is 0 Å². The van der Waals surface area contributed by atoms with Gasteiger partial charge in [0.25, 0.3) is 0 Å². The standard InChI is InChI=1S/C32H24N2/c1-21-17-27(23-9-5-3-6-10-23)29-19-25(13-15-31(29)33-21)26-14-16-32-30(20-26)28(18-22(2)34-32)24-11-7-4-8-12-24/h3-20H,1-2H3. The second-order valence-corrected chi connectivity index (χ2v) is 8.82. The van der Waals surface area contributed by atoms with Gasteiger partial charge in [-0.05, 0) is 83.6 Å². The van der Waals surface area contributed by atoms with Crippen LogP contribution < -0.4 is 0 Å². The SMILES string of the molecule is Cc1cc(-c2ccccc2)c2cc(-c3ccc4nc(C)cc(-c5ccccc5)c4c3)ccc2n1. The minimum atomic E-state index is 1.02. The van der Waals surface area contributed by atoms with E-state index in [-0.39, 0.29) is 0 Å². The van der Waals surface area contributed by atoms with Gasteiger partial charge >= 0.3 is 0 Å². The third-order valence-electron chi connectivity index (χ3n) is 6.38. The second kappa shape index (κ2) is 8.24. The lowest BCUT2D eigenvalue weighted by Crippen LogP contribution is -1.91. The van der Waals surface area contributed by atoms with E-state index >= 15 is 0 Å². The average molecular weight is 437 g/mol. The molecule has 0 spiro atoms. The molecule has 2 aromatic heterocycles. The van der Waals surface area contributed by atoms with Crippen molar-refractivity contribution in [2.75, 3.05) is 0 Å². The maximum Gasteiger partial charge on any atom is 0.0711 e. The Morgan fingerprint density at radius 2 is 0.824 bits per heavy atom. The topological polar surface area (TPSA) is 25.8 Å². The first-order valence-electron chi connectivity index (χ1n) is 11.6. The Morgan fingerprint density at radius 1 is 0.412 bits per heavy atom. The van der Waals surface area contributed by atoms with Crippen molar-refractivity contribution >= 4 is 21.8 Å². The first kappa shape index (κ1) is 20.3. The number of hydrogen-bond donors (Lipinski definition) is 0. The zero-order valence-electron chi connectivity index (χ0n) is 19.3. The number of fused-ring (bicyclic) bond motifs is 2. The Morgan fingerprint density at radius 3 is 1.24 bits per heavy atom. The largest absolute Gasteiger partial charge is 0.253 e. The molecule has 2 heterocycles. The van der Waals surface area contributed by atoms with Crippen LogP contribution in [0.4, 0.5) is 0 Å². The van der Waals surface area contributed by atoms with Gasteiger partial charge in [-0.15, -0.1) is 0 Å². The molecule has 162 valence electrons. The number of nitrogens with zero attached hydrogens (tertiary/aromatic N) is 2. The third kappa shape index (κ3) is 3.64. The maximum atomic E-state index is 4.80. The van der Waals surface area contributed by atoms with E-state index in [9.17, 15) is 0 Å². The Balaban J connectivity index is 1.56. The highest BCUT2D eigenvalue weighted by Crippen LogP contribution is 2.35. The predicted octanol–water partition coefficient (Wildman–Crippen LogP) is 8.40. The molecule has 0 unspecified atom stereocenters. The Hall–Kier alpha value is -4.30. The van der Waals surface area contributed by atoms with Crippen molar-refractivity contribution in [1.82, 2.24) is 9.97 Å². The van der Waals surface area contributed by atoms with E-state index in [1.807, 2.05) is 0 Å². The van der Waals surface area contributed by atoms with Crippen LogP contribution in [0.15, 0.2) is 109 Å². The minimum absolute atomic E-state index is 1.02. The fraction of sp³-hybridized carbons (Fsp3) is 0.0625. The molecule has 0 radical (unpaired) electrons. The zero-order valence-corrected chi connectivity index (χ0v) is 19.3. The van der Waals surface area contributed by atoms with Crippen molar-refractivity contribution in [3.8, 4) is 33.4 Å². The fourth-order valence-electron chi connectivity index (χ4n) is 4.79. The highest BCUT2D eigenvalue weighted by atomic mass is 14.7. The van der Waals surface area contributed by atoms with E-state index in [2.05, 4.69) is 123 Å². The van der Waals surface area contributed by atoms with Crippen LogP contribution in [0.1, 0.15) is 11.4 Å². The number of hydrogen-bond acceptors (Lipinski definition) is 2.